The molecule has 0 bridgehead atoms. The smallest absolute Gasteiger partial charge is 0.225 e. The number of allylic oxidation sites excluding steroid dienone is 8. The summed E-state index contributed by atoms with van der Waals surface area (Å²) in [7, 11) is 0. The molecule has 0 aromatic carbocycles. The highest BCUT2D eigenvalue weighted by Crippen LogP contribution is 2.02. The van der Waals surface area contributed by atoms with Crippen molar-refractivity contribution in [3.05, 3.63) is 48.1 Å². The molecule has 0 heterocycles. The Balaban J connectivity index is 0.000000171. The van der Waals surface area contributed by atoms with E-state index in [0.717, 1.165) is 0 Å². The third kappa shape index (κ3) is 3.95. The predicted octanol–water partition coefficient (Wildman–Crippen LogP) is 0.891. The van der Waals surface area contributed by atoms with Crippen molar-refractivity contribution in [2.45, 2.75) is 6.92 Å². The first-order valence-corrected chi connectivity index (χ1v) is 4.88. The van der Waals surface area contributed by atoms with Gasteiger partial charge >= 0.3 is 0 Å². The van der Waals surface area contributed by atoms with Crippen LogP contribution in [0.1, 0.15) is 6.92 Å². The lowest BCUT2D eigenvalue weighted by atomic mass is 10.1. The molecule has 0 saturated carbocycles. The molecule has 0 saturated heterocycles. The number of carbonyl (C=O) groups is 4. The second kappa shape index (κ2) is 5.65. The minimum atomic E-state index is -0.437. The Morgan fingerprint density at radius 1 is 0.706 bits per heavy atom. The van der Waals surface area contributed by atoms with Crippen molar-refractivity contribution in [1.82, 2.24) is 0 Å². The lowest BCUT2D eigenvalue weighted by Crippen LogP contribution is -2.08. The van der Waals surface area contributed by atoms with E-state index in [1.54, 1.807) is 19.1 Å². The van der Waals surface area contributed by atoms with Crippen LogP contribution >= 0.6 is 0 Å². The summed E-state index contributed by atoms with van der Waals surface area (Å²) >= 11 is 0. The zero-order chi connectivity index (χ0) is 12.8. The molecule has 4 heteroatoms. The number of rotatable bonds is 0. The van der Waals surface area contributed by atoms with E-state index in [9.17, 15) is 19.2 Å². The van der Waals surface area contributed by atoms with Gasteiger partial charge in [0.2, 0.25) is 11.6 Å². The number of ketones is 4. The largest absolute Gasteiger partial charge is 0.290 e. The summed E-state index contributed by atoms with van der Waals surface area (Å²) in [6.45, 7) is 1.63. The van der Waals surface area contributed by atoms with Crippen LogP contribution in [0.4, 0.5) is 0 Å². The Labute approximate surface area is 98.0 Å². The zero-order valence-electron chi connectivity index (χ0n) is 9.17. The van der Waals surface area contributed by atoms with E-state index in [0.29, 0.717) is 5.57 Å². The second-order valence-corrected chi connectivity index (χ2v) is 3.37. The molecule has 0 fully saturated rings. The van der Waals surface area contributed by atoms with Gasteiger partial charge in [-0.3, -0.25) is 19.2 Å². The van der Waals surface area contributed by atoms with Gasteiger partial charge < -0.3 is 0 Å². The predicted molar refractivity (Wildman–Crippen MR) is 61.2 cm³/mol. The summed E-state index contributed by atoms with van der Waals surface area (Å²) in [6, 6.07) is 0. The van der Waals surface area contributed by atoms with Crippen LogP contribution in [0, 0.1) is 0 Å². The molecule has 2 rings (SSSR count). The first-order chi connectivity index (χ1) is 8.00. The van der Waals surface area contributed by atoms with Gasteiger partial charge in [0.25, 0.3) is 0 Å². The quantitative estimate of drug-likeness (QED) is 0.352. The fourth-order valence-electron chi connectivity index (χ4n) is 1.07. The third-order valence-electron chi connectivity index (χ3n) is 2.00. The summed E-state index contributed by atoms with van der Waals surface area (Å²) in [4.78, 5) is 41.7. The highest BCUT2D eigenvalue weighted by molar-refractivity contribution is 6.46. The summed E-state index contributed by atoms with van der Waals surface area (Å²) in [5, 5.41) is 0. The van der Waals surface area contributed by atoms with Gasteiger partial charge in [-0.15, -0.1) is 0 Å². The van der Waals surface area contributed by atoms with Crippen LogP contribution in [-0.4, -0.2) is 23.1 Å². The maximum absolute atomic E-state index is 10.6. The van der Waals surface area contributed by atoms with Gasteiger partial charge in [-0.05, 0) is 37.3 Å². The third-order valence-corrected chi connectivity index (χ3v) is 2.00. The van der Waals surface area contributed by atoms with Crippen molar-refractivity contribution in [3.8, 4) is 0 Å². The molecule has 4 nitrogen and oxygen atoms in total. The van der Waals surface area contributed by atoms with E-state index >= 15 is 0 Å². The van der Waals surface area contributed by atoms with Gasteiger partial charge in [0.15, 0.2) is 11.6 Å². The molecule has 2 aliphatic carbocycles. The first kappa shape index (κ1) is 12.7. The minimum Gasteiger partial charge on any atom is -0.290 e. The standard InChI is InChI=1S/C7H6O2.C6H4O2/c1-5-4-6(8)2-3-7(5)9;7-5-3-1-2-4-6(5)8/h2-4H,1H3;1-4H. The van der Waals surface area contributed by atoms with Gasteiger partial charge in [-0.2, -0.15) is 0 Å². The molecule has 0 spiro atoms. The maximum Gasteiger partial charge on any atom is 0.225 e. The molecular weight excluding hydrogens is 220 g/mol. The highest BCUT2D eigenvalue weighted by Gasteiger charge is 2.07. The molecule has 0 aromatic rings. The monoisotopic (exact) mass is 230 g/mol. The molecule has 0 amide bonds. The van der Waals surface area contributed by atoms with Crippen molar-refractivity contribution >= 4 is 23.1 Å². The van der Waals surface area contributed by atoms with Gasteiger partial charge in [-0.1, -0.05) is 12.2 Å². The maximum atomic E-state index is 10.6. The number of hydrogen-bond acceptors (Lipinski definition) is 4. The first-order valence-electron chi connectivity index (χ1n) is 4.88. The van der Waals surface area contributed by atoms with E-state index in [-0.39, 0.29) is 11.6 Å². The van der Waals surface area contributed by atoms with Crippen LogP contribution < -0.4 is 0 Å². The van der Waals surface area contributed by atoms with Crippen molar-refractivity contribution in [1.29, 1.82) is 0 Å². The van der Waals surface area contributed by atoms with Gasteiger partial charge in [-0.25, -0.2) is 0 Å². The average molecular weight is 230 g/mol. The summed E-state index contributed by atoms with van der Waals surface area (Å²) in [6.07, 6.45) is 9.49. The molecule has 0 atom stereocenters. The van der Waals surface area contributed by atoms with E-state index in [1.807, 2.05) is 0 Å². The van der Waals surface area contributed by atoms with Crippen molar-refractivity contribution in [3.63, 3.8) is 0 Å². The molecule has 0 unspecified atom stereocenters. The summed E-state index contributed by atoms with van der Waals surface area (Å²) in [5.74, 6) is -1.05. The van der Waals surface area contributed by atoms with Crippen LogP contribution in [0.3, 0.4) is 0 Å². The Bertz CT molecular complexity index is 480. The van der Waals surface area contributed by atoms with Crippen molar-refractivity contribution < 1.29 is 19.2 Å². The fourth-order valence-corrected chi connectivity index (χ4v) is 1.07. The number of hydrogen-bond donors (Lipinski definition) is 0. The van der Waals surface area contributed by atoms with Crippen LogP contribution in [0.5, 0.6) is 0 Å². The van der Waals surface area contributed by atoms with E-state index < -0.39 is 11.6 Å². The molecule has 86 valence electrons. The average Bonchev–Trinajstić information content (AvgIpc) is 2.29. The van der Waals surface area contributed by atoms with E-state index in [4.69, 9.17) is 0 Å². The second-order valence-electron chi connectivity index (χ2n) is 3.37. The summed E-state index contributed by atoms with van der Waals surface area (Å²) in [5.41, 5.74) is 0.516. The normalized spacial score (nSPS) is 17.8. The number of carbonyl (C=O) groups excluding carboxylic acids is 4. The SMILES string of the molecule is CC1=CC(=O)C=CC1=O.O=C1C=CC=CC1=O. The van der Waals surface area contributed by atoms with Gasteiger partial charge in [0.05, 0.1) is 0 Å². The van der Waals surface area contributed by atoms with Gasteiger partial charge in [0, 0.05) is 5.57 Å². The topological polar surface area (TPSA) is 68.3 Å². The molecule has 2 aliphatic rings. The van der Waals surface area contributed by atoms with Crippen molar-refractivity contribution in [2.75, 3.05) is 0 Å². The van der Waals surface area contributed by atoms with Crippen LogP contribution in [-0.2, 0) is 19.2 Å². The lowest BCUT2D eigenvalue weighted by molar-refractivity contribution is -0.131. The molecule has 0 aliphatic heterocycles. The lowest BCUT2D eigenvalue weighted by Gasteiger charge is -1.96. The molecule has 0 aromatic heterocycles. The minimum absolute atomic E-state index is 0.0744. The van der Waals surface area contributed by atoms with E-state index in [2.05, 4.69) is 0 Å². The Morgan fingerprint density at radius 2 is 1.24 bits per heavy atom. The zero-order valence-corrected chi connectivity index (χ0v) is 9.17. The Hall–Kier alpha value is -2.36. The molecule has 0 radical (unpaired) electrons. The fraction of sp³-hybridized carbons (Fsp3) is 0.0769. The molecular formula is C13H10O4. The summed E-state index contributed by atoms with van der Waals surface area (Å²) < 4.78 is 0. The molecule has 17 heavy (non-hydrogen) atoms. The Morgan fingerprint density at radius 3 is 1.59 bits per heavy atom. The van der Waals surface area contributed by atoms with Crippen LogP contribution in [0.2, 0.25) is 0 Å². The van der Waals surface area contributed by atoms with Crippen LogP contribution in [0.15, 0.2) is 48.1 Å². The Kier molecular flexibility index (Phi) is 4.22. The van der Waals surface area contributed by atoms with Crippen LogP contribution in [0.25, 0.3) is 0 Å². The van der Waals surface area contributed by atoms with Crippen molar-refractivity contribution in [2.24, 2.45) is 0 Å². The highest BCUT2D eigenvalue weighted by atomic mass is 16.2. The van der Waals surface area contributed by atoms with Gasteiger partial charge in [0.1, 0.15) is 0 Å². The molecule has 0 N–H and O–H groups in total. The van der Waals surface area contributed by atoms with E-state index in [1.165, 1.54) is 30.4 Å².